The van der Waals surface area contributed by atoms with Gasteiger partial charge < -0.3 is 4.74 Å². The Morgan fingerprint density at radius 1 is 1.45 bits per heavy atom. The highest BCUT2D eigenvalue weighted by Gasteiger charge is 1.91. The molecule has 0 unspecified atom stereocenters. The normalized spacial score (nSPS) is 11.1. The zero-order valence-corrected chi connectivity index (χ0v) is 7.04. The molecule has 0 spiro atoms. The minimum absolute atomic E-state index is 0.273. The van der Waals surface area contributed by atoms with Gasteiger partial charge >= 0.3 is 5.97 Å². The molecule has 2 nitrogen and oxygen atoms in total. The molecule has 62 valence electrons. The lowest BCUT2D eigenvalue weighted by atomic mass is 10.4. The summed E-state index contributed by atoms with van der Waals surface area (Å²) in [6.45, 7) is 4.35. The van der Waals surface area contributed by atoms with Crippen LogP contribution in [0.25, 0.3) is 0 Å². The molecule has 0 aromatic heterocycles. The van der Waals surface area contributed by atoms with Gasteiger partial charge in [-0.1, -0.05) is 25.2 Å². The molecular formula is C9H14O2. The van der Waals surface area contributed by atoms with Crippen molar-refractivity contribution < 1.29 is 9.53 Å². The number of carbonyl (C=O) groups is 1. The fourth-order valence-corrected chi connectivity index (χ4v) is 0.496. The van der Waals surface area contributed by atoms with Gasteiger partial charge in [-0.15, -0.1) is 0 Å². The molecule has 0 heterocycles. The van der Waals surface area contributed by atoms with Crippen molar-refractivity contribution in [2.45, 2.75) is 20.3 Å². The van der Waals surface area contributed by atoms with Crippen molar-refractivity contribution >= 4 is 5.97 Å². The summed E-state index contributed by atoms with van der Waals surface area (Å²) in [7, 11) is 0. The standard InChI is InChI=1S/C9H14O2/c1-3-5-6-7-9(10)11-8-4-2/h3,5-7H,4,8H2,1-2H3/b5-3?,7-6+. The van der Waals surface area contributed by atoms with E-state index in [2.05, 4.69) is 0 Å². The van der Waals surface area contributed by atoms with E-state index in [4.69, 9.17) is 4.74 Å². The smallest absolute Gasteiger partial charge is 0.330 e. The molecule has 0 aliphatic heterocycles. The SMILES string of the molecule is CC=C/C=C/C(=O)OCCC. The van der Waals surface area contributed by atoms with Crippen molar-refractivity contribution in [3.63, 3.8) is 0 Å². The Kier molecular flexibility index (Phi) is 6.39. The molecular weight excluding hydrogens is 140 g/mol. The van der Waals surface area contributed by atoms with Crippen LogP contribution in [0.4, 0.5) is 0 Å². The Hall–Kier alpha value is -1.05. The minimum atomic E-state index is -0.273. The van der Waals surface area contributed by atoms with Crippen molar-refractivity contribution in [3.8, 4) is 0 Å². The number of carbonyl (C=O) groups excluding carboxylic acids is 1. The van der Waals surface area contributed by atoms with Crippen LogP contribution in [-0.2, 0) is 9.53 Å². The van der Waals surface area contributed by atoms with Crippen LogP contribution in [0.15, 0.2) is 24.3 Å². The van der Waals surface area contributed by atoms with Crippen LogP contribution in [-0.4, -0.2) is 12.6 Å². The van der Waals surface area contributed by atoms with Crippen molar-refractivity contribution in [2.24, 2.45) is 0 Å². The minimum Gasteiger partial charge on any atom is -0.463 e. The molecule has 0 radical (unpaired) electrons. The van der Waals surface area contributed by atoms with Crippen LogP contribution in [0.5, 0.6) is 0 Å². The zero-order chi connectivity index (χ0) is 8.53. The molecule has 0 N–H and O–H groups in total. The fourth-order valence-electron chi connectivity index (χ4n) is 0.496. The molecule has 0 aromatic rings. The lowest BCUT2D eigenvalue weighted by molar-refractivity contribution is -0.137. The quantitative estimate of drug-likeness (QED) is 0.352. The Balaban J connectivity index is 3.51. The highest BCUT2D eigenvalue weighted by Crippen LogP contribution is 1.85. The molecule has 0 aromatic carbocycles. The second kappa shape index (κ2) is 7.06. The van der Waals surface area contributed by atoms with Gasteiger partial charge in [0.2, 0.25) is 0 Å². The molecule has 0 aliphatic rings. The molecule has 0 saturated heterocycles. The van der Waals surface area contributed by atoms with Crippen molar-refractivity contribution in [1.29, 1.82) is 0 Å². The summed E-state index contributed by atoms with van der Waals surface area (Å²) in [6, 6.07) is 0. The van der Waals surface area contributed by atoms with Gasteiger partial charge in [-0.3, -0.25) is 0 Å². The Labute approximate surface area is 67.6 Å². The fraction of sp³-hybridized carbons (Fsp3) is 0.444. The maximum Gasteiger partial charge on any atom is 0.330 e. The van der Waals surface area contributed by atoms with E-state index < -0.39 is 0 Å². The van der Waals surface area contributed by atoms with Crippen LogP contribution >= 0.6 is 0 Å². The van der Waals surface area contributed by atoms with E-state index in [9.17, 15) is 4.79 Å². The van der Waals surface area contributed by atoms with Gasteiger partial charge in [0.1, 0.15) is 0 Å². The summed E-state index contributed by atoms with van der Waals surface area (Å²) in [6.07, 6.45) is 7.58. The van der Waals surface area contributed by atoms with E-state index in [-0.39, 0.29) is 5.97 Å². The summed E-state index contributed by atoms with van der Waals surface area (Å²) in [5, 5.41) is 0. The number of hydrogen-bond donors (Lipinski definition) is 0. The first-order chi connectivity index (χ1) is 5.31. The van der Waals surface area contributed by atoms with E-state index >= 15 is 0 Å². The van der Waals surface area contributed by atoms with E-state index in [1.807, 2.05) is 19.9 Å². The molecule has 0 aliphatic carbocycles. The van der Waals surface area contributed by atoms with E-state index in [1.54, 1.807) is 12.2 Å². The van der Waals surface area contributed by atoms with Gasteiger partial charge in [0, 0.05) is 6.08 Å². The molecule has 0 bridgehead atoms. The molecule has 0 fully saturated rings. The highest BCUT2D eigenvalue weighted by atomic mass is 16.5. The van der Waals surface area contributed by atoms with Gasteiger partial charge in [0.15, 0.2) is 0 Å². The summed E-state index contributed by atoms with van der Waals surface area (Å²) >= 11 is 0. The second-order valence-corrected chi connectivity index (χ2v) is 2.05. The number of allylic oxidation sites excluding steroid dienone is 3. The zero-order valence-electron chi connectivity index (χ0n) is 7.04. The number of hydrogen-bond acceptors (Lipinski definition) is 2. The first kappa shape index (κ1) is 9.95. The third-order valence-corrected chi connectivity index (χ3v) is 0.984. The monoisotopic (exact) mass is 154 g/mol. The van der Waals surface area contributed by atoms with Gasteiger partial charge in [-0.25, -0.2) is 4.79 Å². The molecule has 2 heteroatoms. The second-order valence-electron chi connectivity index (χ2n) is 2.05. The number of rotatable bonds is 4. The van der Waals surface area contributed by atoms with Crippen LogP contribution in [0.2, 0.25) is 0 Å². The maximum absolute atomic E-state index is 10.7. The first-order valence-electron chi connectivity index (χ1n) is 3.77. The third-order valence-electron chi connectivity index (χ3n) is 0.984. The van der Waals surface area contributed by atoms with Crippen LogP contribution in [0.3, 0.4) is 0 Å². The summed E-state index contributed by atoms with van der Waals surface area (Å²) < 4.78 is 4.78. The average Bonchev–Trinajstić information content (AvgIpc) is 2.01. The van der Waals surface area contributed by atoms with Gasteiger partial charge in [-0.2, -0.15) is 0 Å². The van der Waals surface area contributed by atoms with Gasteiger partial charge in [-0.05, 0) is 13.3 Å². The summed E-state index contributed by atoms with van der Waals surface area (Å²) in [4.78, 5) is 10.7. The predicted molar refractivity (Wildman–Crippen MR) is 45.2 cm³/mol. The van der Waals surface area contributed by atoms with Crippen LogP contribution < -0.4 is 0 Å². The molecule has 0 rings (SSSR count). The molecule has 0 amide bonds. The average molecular weight is 154 g/mol. The number of esters is 1. The van der Waals surface area contributed by atoms with E-state index in [1.165, 1.54) is 6.08 Å². The van der Waals surface area contributed by atoms with Crippen molar-refractivity contribution in [1.82, 2.24) is 0 Å². The van der Waals surface area contributed by atoms with Gasteiger partial charge in [0.05, 0.1) is 6.61 Å². The Morgan fingerprint density at radius 3 is 2.73 bits per heavy atom. The van der Waals surface area contributed by atoms with Crippen LogP contribution in [0.1, 0.15) is 20.3 Å². The topological polar surface area (TPSA) is 26.3 Å². The van der Waals surface area contributed by atoms with Gasteiger partial charge in [0.25, 0.3) is 0 Å². The largest absolute Gasteiger partial charge is 0.463 e. The third kappa shape index (κ3) is 6.84. The Morgan fingerprint density at radius 2 is 2.18 bits per heavy atom. The van der Waals surface area contributed by atoms with E-state index in [0.717, 1.165) is 6.42 Å². The molecule has 0 atom stereocenters. The molecule has 11 heavy (non-hydrogen) atoms. The highest BCUT2D eigenvalue weighted by molar-refractivity contribution is 5.82. The first-order valence-corrected chi connectivity index (χ1v) is 3.77. The van der Waals surface area contributed by atoms with E-state index in [0.29, 0.717) is 6.61 Å². The summed E-state index contributed by atoms with van der Waals surface area (Å²) in [5.41, 5.74) is 0. The number of ether oxygens (including phenoxy) is 1. The molecule has 0 saturated carbocycles. The lowest BCUT2D eigenvalue weighted by Crippen LogP contribution is -2.00. The van der Waals surface area contributed by atoms with Crippen molar-refractivity contribution in [3.05, 3.63) is 24.3 Å². The predicted octanol–water partition coefficient (Wildman–Crippen LogP) is 2.07. The lowest BCUT2D eigenvalue weighted by Gasteiger charge is -1.95. The van der Waals surface area contributed by atoms with Crippen LogP contribution in [0, 0.1) is 0 Å². The maximum atomic E-state index is 10.7. The summed E-state index contributed by atoms with van der Waals surface area (Å²) in [5.74, 6) is -0.273. The Bertz CT molecular complexity index is 157. The van der Waals surface area contributed by atoms with Crippen molar-refractivity contribution in [2.75, 3.05) is 6.61 Å².